The van der Waals surface area contributed by atoms with Crippen LogP contribution in [0.5, 0.6) is 0 Å². The fraction of sp³-hybridized carbons (Fsp3) is 0.810. The highest BCUT2D eigenvalue weighted by atomic mass is 16.5. The number of nitrogens with two attached hydrogens (primary N) is 1. The van der Waals surface area contributed by atoms with Crippen molar-refractivity contribution in [2.75, 3.05) is 13.7 Å². The second-order valence-corrected chi connectivity index (χ2v) is 8.69. The zero-order valence-corrected chi connectivity index (χ0v) is 18.9. The zero-order valence-electron chi connectivity index (χ0n) is 18.9. The number of hydrogen-bond donors (Lipinski definition) is 5. The fourth-order valence-electron chi connectivity index (χ4n) is 3.80. The van der Waals surface area contributed by atoms with Gasteiger partial charge in [-0.05, 0) is 52.0 Å². The van der Waals surface area contributed by atoms with E-state index in [9.17, 15) is 24.3 Å². The first-order chi connectivity index (χ1) is 14.6. The number of urea groups is 1. The summed E-state index contributed by atoms with van der Waals surface area (Å²) in [5.41, 5.74) is 4.17. The summed E-state index contributed by atoms with van der Waals surface area (Å²) in [7, 11) is 1.23. The lowest BCUT2D eigenvalue weighted by molar-refractivity contribution is -0.149. The van der Waals surface area contributed by atoms with Crippen molar-refractivity contribution in [3.05, 3.63) is 0 Å². The summed E-state index contributed by atoms with van der Waals surface area (Å²) in [6.45, 7) is 3.48. The van der Waals surface area contributed by atoms with Crippen LogP contribution < -0.4 is 21.7 Å². The number of carboxylic acids is 1. The molecule has 0 spiro atoms. The Hall–Kier alpha value is -2.36. The Labute approximate surface area is 184 Å². The third-order valence-electron chi connectivity index (χ3n) is 5.60. The minimum atomic E-state index is -1.26. The van der Waals surface area contributed by atoms with Gasteiger partial charge in [0.05, 0.1) is 7.11 Å². The van der Waals surface area contributed by atoms with E-state index in [1.54, 1.807) is 0 Å². The van der Waals surface area contributed by atoms with Gasteiger partial charge in [0.2, 0.25) is 5.91 Å². The van der Waals surface area contributed by atoms with Crippen LogP contribution in [0.3, 0.4) is 0 Å². The molecular formula is C21H38N4O6. The largest absolute Gasteiger partial charge is 0.480 e. The van der Waals surface area contributed by atoms with Crippen LogP contribution in [0.2, 0.25) is 0 Å². The lowest BCUT2D eigenvalue weighted by Crippen LogP contribution is -2.59. The van der Waals surface area contributed by atoms with Crippen molar-refractivity contribution in [3.8, 4) is 0 Å². The van der Waals surface area contributed by atoms with Crippen LogP contribution in [-0.2, 0) is 19.1 Å². The Bertz CT molecular complexity index is 619. The lowest BCUT2D eigenvalue weighted by Gasteiger charge is -2.30. The molecule has 0 saturated heterocycles. The molecule has 31 heavy (non-hydrogen) atoms. The normalized spacial score (nSPS) is 16.6. The molecule has 178 valence electrons. The van der Waals surface area contributed by atoms with E-state index in [1.165, 1.54) is 21.0 Å². The van der Waals surface area contributed by atoms with Gasteiger partial charge in [0, 0.05) is 0 Å². The molecule has 1 fully saturated rings. The molecule has 3 amide bonds. The van der Waals surface area contributed by atoms with E-state index in [-0.39, 0.29) is 12.3 Å². The third-order valence-corrected chi connectivity index (χ3v) is 5.60. The second kappa shape index (κ2) is 13.1. The van der Waals surface area contributed by atoms with Crippen LogP contribution in [0.1, 0.15) is 71.6 Å². The number of carbonyl (C=O) groups excluding carboxylic acids is 3. The van der Waals surface area contributed by atoms with Gasteiger partial charge in [0.25, 0.3) is 0 Å². The first-order valence-electron chi connectivity index (χ1n) is 11.0. The van der Waals surface area contributed by atoms with Crippen molar-refractivity contribution in [1.82, 2.24) is 16.0 Å². The van der Waals surface area contributed by atoms with Crippen LogP contribution in [0.4, 0.5) is 4.79 Å². The second-order valence-electron chi connectivity index (χ2n) is 8.69. The van der Waals surface area contributed by atoms with E-state index in [0.717, 1.165) is 32.1 Å². The first kappa shape index (κ1) is 26.7. The van der Waals surface area contributed by atoms with Gasteiger partial charge in [-0.25, -0.2) is 14.4 Å². The minimum Gasteiger partial charge on any atom is -0.480 e. The van der Waals surface area contributed by atoms with Crippen LogP contribution in [0.15, 0.2) is 0 Å². The van der Waals surface area contributed by atoms with Gasteiger partial charge >= 0.3 is 18.0 Å². The number of carbonyl (C=O) groups is 4. The Morgan fingerprint density at radius 3 is 2.23 bits per heavy atom. The van der Waals surface area contributed by atoms with Gasteiger partial charge < -0.3 is 31.5 Å². The van der Waals surface area contributed by atoms with Crippen LogP contribution in [0.25, 0.3) is 0 Å². The molecule has 0 bridgehead atoms. The molecular weight excluding hydrogens is 404 g/mol. The molecule has 1 rings (SSSR count). The van der Waals surface area contributed by atoms with Gasteiger partial charge in [-0.15, -0.1) is 0 Å². The molecule has 10 heteroatoms. The van der Waals surface area contributed by atoms with E-state index in [1.807, 2.05) is 0 Å². The number of hydrogen-bond acceptors (Lipinski definition) is 6. The molecule has 0 aromatic rings. The van der Waals surface area contributed by atoms with Gasteiger partial charge in [-0.1, -0.05) is 32.1 Å². The van der Waals surface area contributed by atoms with Gasteiger partial charge in [0.15, 0.2) is 0 Å². The first-order valence-corrected chi connectivity index (χ1v) is 11.0. The number of rotatable bonds is 12. The topological polar surface area (TPSA) is 160 Å². The summed E-state index contributed by atoms with van der Waals surface area (Å²) in [5, 5.41) is 17.0. The smallest absolute Gasteiger partial charge is 0.330 e. The summed E-state index contributed by atoms with van der Waals surface area (Å²) in [6.07, 6.45) is 7.10. The Kier molecular flexibility index (Phi) is 11.3. The summed E-state index contributed by atoms with van der Waals surface area (Å²) in [5.74, 6) is -1.99. The van der Waals surface area contributed by atoms with Crippen molar-refractivity contribution in [2.45, 2.75) is 89.3 Å². The minimum absolute atomic E-state index is 0.245. The number of amides is 3. The predicted molar refractivity (Wildman–Crippen MR) is 115 cm³/mol. The number of methoxy groups -OCH3 is 1. The number of carboxylic acid groups (broad SMARTS) is 1. The highest BCUT2D eigenvalue weighted by Crippen LogP contribution is 2.27. The average molecular weight is 443 g/mol. The van der Waals surface area contributed by atoms with E-state index in [4.69, 9.17) is 10.5 Å². The highest BCUT2D eigenvalue weighted by Gasteiger charge is 2.35. The van der Waals surface area contributed by atoms with Crippen LogP contribution in [0, 0.1) is 5.92 Å². The van der Waals surface area contributed by atoms with E-state index >= 15 is 0 Å². The van der Waals surface area contributed by atoms with Gasteiger partial charge in [-0.3, -0.25) is 4.79 Å². The monoisotopic (exact) mass is 442 g/mol. The Balaban J connectivity index is 2.84. The molecule has 0 heterocycles. The number of ether oxygens (including phenoxy) is 1. The maximum absolute atomic E-state index is 12.9. The summed E-state index contributed by atoms with van der Waals surface area (Å²) >= 11 is 0. The molecule has 10 nitrogen and oxygen atoms in total. The van der Waals surface area contributed by atoms with Crippen molar-refractivity contribution >= 4 is 23.9 Å². The number of esters is 1. The van der Waals surface area contributed by atoms with Gasteiger partial charge in [0.1, 0.15) is 17.6 Å². The van der Waals surface area contributed by atoms with Gasteiger partial charge in [-0.2, -0.15) is 0 Å². The average Bonchev–Trinajstić information content (AvgIpc) is 2.72. The number of unbranched alkanes of at least 4 members (excludes halogenated alkanes) is 1. The molecule has 2 unspecified atom stereocenters. The van der Waals surface area contributed by atoms with Crippen molar-refractivity contribution in [2.24, 2.45) is 11.7 Å². The Morgan fingerprint density at radius 1 is 1.06 bits per heavy atom. The quantitative estimate of drug-likeness (QED) is 0.225. The van der Waals surface area contributed by atoms with E-state index < -0.39 is 41.5 Å². The molecule has 1 saturated carbocycles. The van der Waals surface area contributed by atoms with E-state index in [2.05, 4.69) is 16.0 Å². The molecule has 2 atom stereocenters. The number of aliphatic carboxylic acids is 1. The summed E-state index contributed by atoms with van der Waals surface area (Å²) in [6, 6.07) is -2.70. The molecule has 0 aliphatic heterocycles. The maximum atomic E-state index is 12.9. The third kappa shape index (κ3) is 9.54. The lowest BCUT2D eigenvalue weighted by atomic mass is 9.84. The summed E-state index contributed by atoms with van der Waals surface area (Å²) < 4.78 is 4.72. The zero-order chi connectivity index (χ0) is 23.4. The molecule has 0 aromatic carbocycles. The van der Waals surface area contributed by atoms with Crippen molar-refractivity contribution < 1.29 is 29.0 Å². The molecule has 0 radical (unpaired) electrons. The van der Waals surface area contributed by atoms with E-state index in [0.29, 0.717) is 25.8 Å². The predicted octanol–water partition coefficient (Wildman–Crippen LogP) is 1.27. The van der Waals surface area contributed by atoms with Crippen molar-refractivity contribution in [1.29, 1.82) is 0 Å². The molecule has 6 N–H and O–H groups in total. The molecule has 1 aliphatic carbocycles. The highest BCUT2D eigenvalue weighted by molar-refractivity contribution is 5.92. The standard InChI is InChI=1S/C21H38N4O6/c1-21(2,19(29)31-3)25-17(26)16(13-14-9-5-4-6-10-14)24-20(30)23-15(18(27)28)11-7-8-12-22/h14-16H,4-13,22H2,1-3H3,(H,25,26)(H,27,28)(H2,23,24,30). The maximum Gasteiger partial charge on any atom is 0.330 e. The van der Waals surface area contributed by atoms with Crippen LogP contribution >= 0.6 is 0 Å². The number of nitrogens with one attached hydrogen (secondary N) is 3. The molecule has 1 aliphatic rings. The molecule has 0 aromatic heterocycles. The fourth-order valence-corrected chi connectivity index (χ4v) is 3.80. The SMILES string of the molecule is COC(=O)C(C)(C)NC(=O)C(CC1CCCCC1)NC(=O)NC(CCCCN)C(=O)O. The van der Waals surface area contributed by atoms with Crippen LogP contribution in [-0.4, -0.2) is 60.3 Å². The Morgan fingerprint density at radius 2 is 1.68 bits per heavy atom. The van der Waals surface area contributed by atoms with Crippen molar-refractivity contribution in [3.63, 3.8) is 0 Å². The summed E-state index contributed by atoms with van der Waals surface area (Å²) in [4.78, 5) is 48.8.